The van der Waals surface area contributed by atoms with E-state index in [1.54, 1.807) is 12.3 Å². The summed E-state index contributed by atoms with van der Waals surface area (Å²) in [6, 6.07) is 8.08. The monoisotopic (exact) mass is 552 g/mol. The summed E-state index contributed by atoms with van der Waals surface area (Å²) >= 11 is 0. The van der Waals surface area contributed by atoms with Crippen molar-refractivity contribution in [1.82, 2.24) is 19.6 Å². The van der Waals surface area contributed by atoms with E-state index in [0.29, 0.717) is 31.6 Å². The summed E-state index contributed by atoms with van der Waals surface area (Å²) in [6.07, 6.45) is 4.42. The molecule has 2 N–H and O–H groups in total. The SMILES string of the molecule is C=c1cc(CN2CC=C(c3ccc(C(=O)N(C)C)cc3OC(F)(F)F)CC2)n(C)[nH]cc/c1=C1/C=CC(=N)N=C1. The van der Waals surface area contributed by atoms with Crippen molar-refractivity contribution in [2.45, 2.75) is 19.3 Å². The number of alkyl halides is 3. The van der Waals surface area contributed by atoms with Crippen LogP contribution in [0.2, 0.25) is 0 Å². The van der Waals surface area contributed by atoms with Gasteiger partial charge in [0.15, 0.2) is 0 Å². The smallest absolute Gasteiger partial charge is 0.405 e. The molecule has 1 aromatic heterocycles. The first-order valence-corrected chi connectivity index (χ1v) is 12.6. The molecule has 0 saturated carbocycles. The summed E-state index contributed by atoms with van der Waals surface area (Å²) < 4.78 is 45.8. The second-order valence-corrected chi connectivity index (χ2v) is 9.70. The number of hydrogen-bond acceptors (Lipinski definition) is 4. The lowest BCUT2D eigenvalue weighted by Gasteiger charge is -2.28. The maximum Gasteiger partial charge on any atom is 0.573 e. The Morgan fingerprint density at radius 2 is 2.00 bits per heavy atom. The molecule has 40 heavy (non-hydrogen) atoms. The van der Waals surface area contributed by atoms with E-state index in [0.717, 1.165) is 33.3 Å². The molecule has 2 aliphatic rings. The summed E-state index contributed by atoms with van der Waals surface area (Å²) in [5.41, 5.74) is 2.96. The van der Waals surface area contributed by atoms with E-state index in [9.17, 15) is 18.0 Å². The molecular formula is C29H31F3N6O2. The molecule has 0 saturated heterocycles. The number of aliphatic imine (C=N–C) groups is 1. The van der Waals surface area contributed by atoms with Gasteiger partial charge in [-0.15, -0.1) is 13.2 Å². The lowest BCUT2D eigenvalue weighted by Crippen LogP contribution is -2.31. The zero-order valence-corrected chi connectivity index (χ0v) is 22.5. The van der Waals surface area contributed by atoms with Gasteiger partial charge in [-0.05, 0) is 58.8 Å². The van der Waals surface area contributed by atoms with Gasteiger partial charge in [0.05, 0.1) is 0 Å². The summed E-state index contributed by atoms with van der Waals surface area (Å²) in [6.45, 7) is 5.92. The van der Waals surface area contributed by atoms with Gasteiger partial charge < -0.3 is 14.7 Å². The number of ether oxygens (including phenoxy) is 1. The van der Waals surface area contributed by atoms with Crippen LogP contribution in [0.25, 0.3) is 17.7 Å². The average molecular weight is 553 g/mol. The fourth-order valence-electron chi connectivity index (χ4n) is 4.50. The topological polar surface area (TPSA) is 89.7 Å². The van der Waals surface area contributed by atoms with Gasteiger partial charge in [-0.3, -0.25) is 19.8 Å². The minimum absolute atomic E-state index is 0.120. The Bertz CT molecular complexity index is 1560. The summed E-state index contributed by atoms with van der Waals surface area (Å²) in [5.74, 6) is -0.605. The van der Waals surface area contributed by atoms with Crippen molar-refractivity contribution >= 4 is 35.7 Å². The molecule has 2 aromatic rings. The first-order valence-electron chi connectivity index (χ1n) is 12.6. The van der Waals surface area contributed by atoms with Crippen LogP contribution in [0.5, 0.6) is 5.75 Å². The molecule has 2 aliphatic heterocycles. The third-order valence-corrected chi connectivity index (χ3v) is 6.60. The van der Waals surface area contributed by atoms with Crippen LogP contribution in [-0.2, 0) is 13.6 Å². The number of halogens is 3. The van der Waals surface area contributed by atoms with Crippen molar-refractivity contribution in [3.05, 3.63) is 82.0 Å². The van der Waals surface area contributed by atoms with Crippen LogP contribution in [0, 0.1) is 5.41 Å². The molecule has 0 spiro atoms. The predicted molar refractivity (Wildman–Crippen MR) is 150 cm³/mol. The number of hydrogen-bond donors (Lipinski definition) is 2. The molecule has 1 amide bonds. The lowest BCUT2D eigenvalue weighted by atomic mass is 9.97. The fourth-order valence-corrected chi connectivity index (χ4v) is 4.50. The highest BCUT2D eigenvalue weighted by Crippen LogP contribution is 2.35. The van der Waals surface area contributed by atoms with Crippen molar-refractivity contribution < 1.29 is 22.7 Å². The largest absolute Gasteiger partial charge is 0.573 e. The number of dihydropyridines is 1. The molecule has 3 heterocycles. The van der Waals surface area contributed by atoms with Crippen LogP contribution in [-0.4, -0.2) is 71.1 Å². The Morgan fingerprint density at radius 1 is 1.23 bits per heavy atom. The molecule has 1 aromatic carbocycles. The third-order valence-electron chi connectivity index (χ3n) is 6.60. The van der Waals surface area contributed by atoms with Gasteiger partial charge in [0.1, 0.15) is 11.6 Å². The normalized spacial score (nSPS) is 16.9. The molecule has 4 rings (SSSR count). The number of amides is 1. The fraction of sp³-hybridized carbons (Fsp3) is 0.276. The Labute approximate surface area is 229 Å². The highest BCUT2D eigenvalue weighted by molar-refractivity contribution is 6.16. The molecule has 0 radical (unpaired) electrons. The molecular weight excluding hydrogens is 521 g/mol. The average Bonchev–Trinajstić information content (AvgIpc) is 2.89. The van der Waals surface area contributed by atoms with E-state index in [4.69, 9.17) is 5.41 Å². The van der Waals surface area contributed by atoms with E-state index in [1.165, 1.54) is 31.1 Å². The van der Waals surface area contributed by atoms with Crippen molar-refractivity contribution in [2.75, 3.05) is 27.2 Å². The van der Waals surface area contributed by atoms with Crippen molar-refractivity contribution in [3.8, 4) is 5.75 Å². The minimum Gasteiger partial charge on any atom is -0.405 e. The minimum atomic E-state index is -4.88. The first kappa shape index (κ1) is 28.6. The molecule has 0 aliphatic carbocycles. The van der Waals surface area contributed by atoms with Gasteiger partial charge in [0, 0.05) is 75.6 Å². The highest BCUT2D eigenvalue weighted by atomic mass is 19.4. The van der Waals surface area contributed by atoms with Crippen molar-refractivity contribution in [1.29, 1.82) is 5.41 Å². The predicted octanol–water partition coefficient (Wildman–Crippen LogP) is 3.55. The lowest BCUT2D eigenvalue weighted by molar-refractivity contribution is -0.274. The van der Waals surface area contributed by atoms with E-state index in [2.05, 4.69) is 26.3 Å². The maximum atomic E-state index is 13.2. The summed E-state index contributed by atoms with van der Waals surface area (Å²) in [5, 5.41) is 12.5. The van der Waals surface area contributed by atoms with Gasteiger partial charge in [-0.1, -0.05) is 18.7 Å². The second-order valence-electron chi connectivity index (χ2n) is 9.70. The number of aryl methyl sites for hydroxylation is 1. The molecule has 210 valence electrons. The van der Waals surface area contributed by atoms with Crippen LogP contribution >= 0.6 is 0 Å². The van der Waals surface area contributed by atoms with Crippen LogP contribution in [0.1, 0.15) is 28.0 Å². The number of nitrogens with zero attached hydrogens (tertiary/aromatic N) is 4. The third kappa shape index (κ3) is 6.97. The molecule has 0 bridgehead atoms. The van der Waals surface area contributed by atoms with Gasteiger partial charge >= 0.3 is 6.36 Å². The van der Waals surface area contributed by atoms with Gasteiger partial charge in [0.2, 0.25) is 0 Å². The van der Waals surface area contributed by atoms with Gasteiger partial charge in [-0.2, -0.15) is 0 Å². The molecule has 8 nitrogen and oxygen atoms in total. The zero-order valence-electron chi connectivity index (χ0n) is 22.5. The zero-order chi connectivity index (χ0) is 29.0. The second kappa shape index (κ2) is 11.8. The quantitative estimate of drug-likeness (QED) is 0.595. The van der Waals surface area contributed by atoms with Crippen molar-refractivity contribution in [2.24, 2.45) is 12.0 Å². The maximum absolute atomic E-state index is 13.2. The number of aromatic amines is 1. The molecule has 0 fully saturated rings. The number of carbonyl (C=O) groups is 1. The highest BCUT2D eigenvalue weighted by Gasteiger charge is 2.33. The number of amidine groups is 1. The van der Waals surface area contributed by atoms with Gasteiger partial charge in [-0.25, -0.2) is 4.99 Å². The Hall–Kier alpha value is -4.38. The Kier molecular flexibility index (Phi) is 8.43. The number of rotatable bonds is 5. The first-order chi connectivity index (χ1) is 18.9. The van der Waals surface area contributed by atoms with Gasteiger partial charge in [0.25, 0.3) is 5.91 Å². The summed E-state index contributed by atoms with van der Waals surface area (Å²) in [7, 11) is 4.97. The van der Waals surface area contributed by atoms with E-state index >= 15 is 0 Å². The number of benzene rings is 1. The molecule has 0 atom stereocenters. The Balaban J connectivity index is 1.60. The molecule has 0 unspecified atom stereocenters. The van der Waals surface area contributed by atoms with E-state index in [1.807, 2.05) is 42.2 Å². The van der Waals surface area contributed by atoms with Crippen LogP contribution in [0.3, 0.4) is 0 Å². The van der Waals surface area contributed by atoms with E-state index in [-0.39, 0.29) is 17.1 Å². The number of aromatic nitrogens is 2. The standard InChI is InChI=1S/C29H31F3N6O2/c1-19-15-23(37(4)35-12-9-24(19)22-6-8-27(33)34-17-22)18-38-13-10-20(11-14-38)25-7-5-21(28(39)36(2)3)16-26(25)40-29(30,31)32/h5-10,12,15-17,33,35H,1,11,13-14,18H2,2-4H3/b12-9?,23-15?,24-22+,33-27?. The number of nitrogens with one attached hydrogen (secondary N) is 2. The van der Waals surface area contributed by atoms with Crippen LogP contribution < -0.4 is 15.2 Å². The van der Waals surface area contributed by atoms with Crippen LogP contribution in [0.4, 0.5) is 13.2 Å². The number of allylic oxidation sites excluding steroid dienone is 1. The Morgan fingerprint density at radius 3 is 2.62 bits per heavy atom. The number of H-pyrrole nitrogens is 1. The number of carbonyl (C=O) groups excluding carboxylic acids is 1. The van der Waals surface area contributed by atoms with Crippen LogP contribution in [0.15, 0.2) is 59.7 Å². The summed E-state index contributed by atoms with van der Waals surface area (Å²) in [4.78, 5) is 19.9. The van der Waals surface area contributed by atoms with Crippen molar-refractivity contribution in [3.63, 3.8) is 0 Å². The molecule has 11 heteroatoms. The van der Waals surface area contributed by atoms with E-state index < -0.39 is 12.3 Å².